The summed E-state index contributed by atoms with van der Waals surface area (Å²) in [6.07, 6.45) is 3.01. The van der Waals surface area contributed by atoms with E-state index < -0.39 is 11.7 Å². The monoisotopic (exact) mass is 278 g/mol. The second-order valence-electron chi connectivity index (χ2n) is 4.87. The first-order valence-electron chi connectivity index (χ1n) is 6.66. The molecule has 0 saturated heterocycles. The smallest absolute Gasteiger partial charge is 0.255 e. The number of para-hydroxylation sites is 1. The lowest BCUT2D eigenvalue weighted by molar-refractivity contribution is -0.121. The molecule has 0 atom stereocenters. The van der Waals surface area contributed by atoms with Gasteiger partial charge in [-0.2, -0.15) is 0 Å². The van der Waals surface area contributed by atoms with E-state index >= 15 is 0 Å². The number of carbonyl (C=O) groups excluding carboxylic acids is 2. The zero-order valence-electron chi connectivity index (χ0n) is 11.1. The zero-order chi connectivity index (χ0) is 14.5. The fourth-order valence-corrected chi connectivity index (χ4v) is 1.79. The topological polar surface area (TPSA) is 98.7 Å². The van der Waals surface area contributed by atoms with E-state index in [-0.39, 0.29) is 17.2 Å². The van der Waals surface area contributed by atoms with Gasteiger partial charge in [0.1, 0.15) is 0 Å². The first kappa shape index (κ1) is 14.2. The standard InChI is InChI=1S/C14H18N2O4/c17-11-4-1-3-10(13(11)19)14(20)15-8-2-5-12(18)16-9-6-7-9/h1,3-4,9,17,19H,2,5-8H2,(H,15,20)(H,16,18). The van der Waals surface area contributed by atoms with Gasteiger partial charge in [0.2, 0.25) is 5.91 Å². The van der Waals surface area contributed by atoms with Crippen LogP contribution < -0.4 is 10.6 Å². The maximum absolute atomic E-state index is 11.8. The maximum Gasteiger partial charge on any atom is 0.255 e. The summed E-state index contributed by atoms with van der Waals surface area (Å²) in [7, 11) is 0. The largest absolute Gasteiger partial charge is 0.504 e. The number of carbonyl (C=O) groups is 2. The van der Waals surface area contributed by atoms with Crippen molar-refractivity contribution in [3.63, 3.8) is 0 Å². The van der Waals surface area contributed by atoms with E-state index in [2.05, 4.69) is 10.6 Å². The minimum absolute atomic E-state index is 0.00181. The van der Waals surface area contributed by atoms with Gasteiger partial charge in [0.05, 0.1) is 5.56 Å². The van der Waals surface area contributed by atoms with Gasteiger partial charge in [-0.1, -0.05) is 6.07 Å². The normalized spacial score (nSPS) is 13.8. The van der Waals surface area contributed by atoms with E-state index in [1.165, 1.54) is 18.2 Å². The molecule has 0 radical (unpaired) electrons. The highest BCUT2D eigenvalue weighted by molar-refractivity contribution is 5.97. The van der Waals surface area contributed by atoms with Crippen molar-refractivity contribution >= 4 is 11.8 Å². The molecule has 0 spiro atoms. The summed E-state index contributed by atoms with van der Waals surface area (Å²) in [4.78, 5) is 23.2. The summed E-state index contributed by atoms with van der Waals surface area (Å²) >= 11 is 0. The highest BCUT2D eigenvalue weighted by Crippen LogP contribution is 2.27. The Hall–Kier alpha value is -2.24. The van der Waals surface area contributed by atoms with E-state index in [0.29, 0.717) is 25.4 Å². The lowest BCUT2D eigenvalue weighted by Gasteiger charge is -2.07. The molecule has 0 aromatic heterocycles. The predicted molar refractivity (Wildman–Crippen MR) is 72.5 cm³/mol. The average molecular weight is 278 g/mol. The van der Waals surface area contributed by atoms with Crippen LogP contribution in [0.1, 0.15) is 36.0 Å². The molecule has 0 heterocycles. The molecule has 1 saturated carbocycles. The molecule has 1 aliphatic rings. The molecule has 1 aromatic rings. The number of phenols is 2. The minimum atomic E-state index is -0.471. The highest BCUT2D eigenvalue weighted by atomic mass is 16.3. The van der Waals surface area contributed by atoms with Crippen LogP contribution in [0.3, 0.4) is 0 Å². The number of hydrogen-bond acceptors (Lipinski definition) is 4. The molecular weight excluding hydrogens is 260 g/mol. The van der Waals surface area contributed by atoms with Crippen molar-refractivity contribution in [1.29, 1.82) is 0 Å². The Morgan fingerprint density at radius 3 is 2.70 bits per heavy atom. The molecule has 6 nitrogen and oxygen atoms in total. The molecule has 6 heteroatoms. The Bertz CT molecular complexity index is 512. The molecule has 2 amide bonds. The van der Waals surface area contributed by atoms with E-state index in [1.54, 1.807) is 0 Å². The van der Waals surface area contributed by atoms with Gasteiger partial charge in [0.25, 0.3) is 5.91 Å². The molecule has 20 heavy (non-hydrogen) atoms. The van der Waals surface area contributed by atoms with Gasteiger partial charge in [-0.15, -0.1) is 0 Å². The van der Waals surface area contributed by atoms with Crippen molar-refractivity contribution in [1.82, 2.24) is 10.6 Å². The minimum Gasteiger partial charge on any atom is -0.504 e. The van der Waals surface area contributed by atoms with Crippen LogP contribution in [-0.4, -0.2) is 34.6 Å². The van der Waals surface area contributed by atoms with Crippen LogP contribution in [0, 0.1) is 0 Å². The molecule has 4 N–H and O–H groups in total. The summed E-state index contributed by atoms with van der Waals surface area (Å²) in [6, 6.07) is 4.55. The molecule has 2 rings (SSSR count). The number of benzene rings is 1. The lowest BCUT2D eigenvalue weighted by Crippen LogP contribution is -2.28. The van der Waals surface area contributed by atoms with Crippen LogP contribution in [0.25, 0.3) is 0 Å². The van der Waals surface area contributed by atoms with Crippen molar-refractivity contribution in [3.05, 3.63) is 23.8 Å². The number of nitrogens with one attached hydrogen (secondary N) is 2. The van der Waals surface area contributed by atoms with Crippen LogP contribution in [0.4, 0.5) is 0 Å². The molecule has 1 aromatic carbocycles. The average Bonchev–Trinajstić information content (AvgIpc) is 3.21. The van der Waals surface area contributed by atoms with Crippen molar-refractivity contribution in [2.24, 2.45) is 0 Å². The predicted octanol–water partition coefficient (Wildman–Crippen LogP) is 0.886. The van der Waals surface area contributed by atoms with Crippen LogP contribution in [0.2, 0.25) is 0 Å². The maximum atomic E-state index is 11.8. The van der Waals surface area contributed by atoms with Crippen molar-refractivity contribution < 1.29 is 19.8 Å². The number of aromatic hydroxyl groups is 2. The number of rotatable bonds is 6. The fraction of sp³-hybridized carbons (Fsp3) is 0.429. The van der Waals surface area contributed by atoms with Gasteiger partial charge < -0.3 is 20.8 Å². The Morgan fingerprint density at radius 2 is 2.00 bits per heavy atom. The van der Waals surface area contributed by atoms with E-state index in [9.17, 15) is 19.8 Å². The summed E-state index contributed by atoms with van der Waals surface area (Å²) in [5.74, 6) is -1.24. The summed E-state index contributed by atoms with van der Waals surface area (Å²) in [6.45, 7) is 0.339. The Morgan fingerprint density at radius 1 is 1.25 bits per heavy atom. The van der Waals surface area contributed by atoms with Gasteiger partial charge in [0, 0.05) is 19.0 Å². The number of phenolic OH excluding ortho intramolecular Hbond substituents is 2. The second kappa shape index (κ2) is 6.27. The number of amides is 2. The summed E-state index contributed by atoms with van der Waals surface area (Å²) < 4.78 is 0. The Balaban J connectivity index is 1.71. The lowest BCUT2D eigenvalue weighted by atomic mass is 10.1. The third-order valence-corrected chi connectivity index (χ3v) is 3.07. The SMILES string of the molecule is O=C(CCCNC(=O)c1cccc(O)c1O)NC1CC1. The van der Waals surface area contributed by atoms with Gasteiger partial charge in [-0.3, -0.25) is 9.59 Å². The molecule has 0 unspecified atom stereocenters. The molecule has 1 fully saturated rings. The fourth-order valence-electron chi connectivity index (χ4n) is 1.79. The molecule has 0 bridgehead atoms. The van der Waals surface area contributed by atoms with Gasteiger partial charge >= 0.3 is 0 Å². The molecule has 1 aliphatic carbocycles. The summed E-state index contributed by atoms with van der Waals surface area (Å²) in [5, 5.41) is 24.3. The second-order valence-corrected chi connectivity index (χ2v) is 4.87. The van der Waals surface area contributed by atoms with Gasteiger partial charge in [-0.25, -0.2) is 0 Å². The first-order valence-corrected chi connectivity index (χ1v) is 6.66. The van der Waals surface area contributed by atoms with Gasteiger partial charge in [0.15, 0.2) is 11.5 Å². The van der Waals surface area contributed by atoms with E-state index in [4.69, 9.17) is 0 Å². The molecule has 108 valence electrons. The quantitative estimate of drug-likeness (QED) is 0.458. The van der Waals surface area contributed by atoms with E-state index in [1.807, 2.05) is 0 Å². The third-order valence-electron chi connectivity index (χ3n) is 3.07. The van der Waals surface area contributed by atoms with Crippen LogP contribution in [0.15, 0.2) is 18.2 Å². The van der Waals surface area contributed by atoms with Gasteiger partial charge in [-0.05, 0) is 31.4 Å². The first-order chi connectivity index (χ1) is 9.58. The Kier molecular flexibility index (Phi) is 4.45. The molecular formula is C14H18N2O4. The van der Waals surface area contributed by atoms with Crippen molar-refractivity contribution in [2.45, 2.75) is 31.7 Å². The van der Waals surface area contributed by atoms with Crippen LogP contribution >= 0.6 is 0 Å². The Labute approximate surface area is 116 Å². The van der Waals surface area contributed by atoms with E-state index in [0.717, 1.165) is 12.8 Å². The van der Waals surface area contributed by atoms with Crippen molar-refractivity contribution in [3.8, 4) is 11.5 Å². The summed E-state index contributed by atoms with van der Waals surface area (Å²) in [5.41, 5.74) is 0.0208. The highest BCUT2D eigenvalue weighted by Gasteiger charge is 2.22. The number of hydrogen-bond donors (Lipinski definition) is 4. The zero-order valence-corrected chi connectivity index (χ0v) is 11.1. The molecule has 0 aliphatic heterocycles. The van der Waals surface area contributed by atoms with Crippen LogP contribution in [-0.2, 0) is 4.79 Å². The third kappa shape index (κ3) is 3.88. The van der Waals surface area contributed by atoms with Crippen molar-refractivity contribution in [2.75, 3.05) is 6.54 Å². The van der Waals surface area contributed by atoms with Crippen LogP contribution in [0.5, 0.6) is 11.5 Å².